The molecule has 0 saturated heterocycles. The fourth-order valence-electron chi connectivity index (χ4n) is 3.63. The number of nitrogens with zero attached hydrogens (tertiary/aromatic N) is 8. The molecule has 140 valence electrons. The Balaban J connectivity index is 1.40. The highest BCUT2D eigenvalue weighted by atomic mass is 16.2. The number of benzene rings is 1. The zero-order valence-corrected chi connectivity index (χ0v) is 15.3. The van der Waals surface area contributed by atoms with E-state index in [9.17, 15) is 4.79 Å². The van der Waals surface area contributed by atoms with Crippen molar-refractivity contribution in [3.63, 3.8) is 0 Å². The zero-order valence-electron chi connectivity index (χ0n) is 15.3. The molecule has 0 spiro atoms. The molecule has 4 heterocycles. The van der Waals surface area contributed by atoms with Gasteiger partial charge in [-0.25, -0.2) is 9.50 Å². The quantitative estimate of drug-likeness (QED) is 0.540. The summed E-state index contributed by atoms with van der Waals surface area (Å²) < 4.78 is 3.64. The number of hydrogen-bond donors (Lipinski definition) is 0. The molecule has 1 amide bonds. The Labute approximate surface area is 160 Å². The van der Waals surface area contributed by atoms with Crippen LogP contribution in [0.2, 0.25) is 0 Å². The molecule has 3 aromatic heterocycles. The predicted octanol–water partition coefficient (Wildman–Crippen LogP) is 1.52. The number of hydrogen-bond acceptors (Lipinski definition) is 6. The minimum atomic E-state index is -0.226. The average Bonchev–Trinajstić information content (AvgIpc) is 3.32. The molecule has 4 aromatic rings. The number of amides is 1. The van der Waals surface area contributed by atoms with Crippen LogP contribution in [-0.2, 0) is 13.0 Å². The van der Waals surface area contributed by atoms with Crippen LogP contribution < -0.4 is 0 Å². The van der Waals surface area contributed by atoms with E-state index >= 15 is 0 Å². The molecule has 0 radical (unpaired) electrons. The van der Waals surface area contributed by atoms with E-state index in [1.54, 1.807) is 23.4 Å². The molecule has 0 saturated carbocycles. The SMILES string of the molecule is C[C@H]1CN(C(=O)c2nc3ncccn3n2)Cc2nnc(Cc3ccccc3)n21. The Hall–Kier alpha value is -3.62. The number of carbonyl (C=O) groups is 1. The van der Waals surface area contributed by atoms with Crippen molar-refractivity contribution in [2.45, 2.75) is 25.9 Å². The van der Waals surface area contributed by atoms with Gasteiger partial charge in [-0.2, -0.15) is 4.98 Å². The van der Waals surface area contributed by atoms with Crippen molar-refractivity contribution < 1.29 is 4.79 Å². The third-order valence-electron chi connectivity index (χ3n) is 4.89. The number of aromatic nitrogens is 7. The van der Waals surface area contributed by atoms with Crippen LogP contribution in [0.3, 0.4) is 0 Å². The number of fused-ring (bicyclic) bond motifs is 2. The van der Waals surface area contributed by atoms with Gasteiger partial charge in [0, 0.05) is 25.4 Å². The first-order valence-electron chi connectivity index (χ1n) is 9.12. The van der Waals surface area contributed by atoms with Crippen LogP contribution >= 0.6 is 0 Å². The van der Waals surface area contributed by atoms with Gasteiger partial charge in [0.15, 0.2) is 5.82 Å². The lowest BCUT2D eigenvalue weighted by Crippen LogP contribution is -2.41. The van der Waals surface area contributed by atoms with Crippen molar-refractivity contribution in [1.82, 2.24) is 39.2 Å². The van der Waals surface area contributed by atoms with Gasteiger partial charge in [-0.15, -0.1) is 15.3 Å². The Morgan fingerprint density at radius 1 is 1.18 bits per heavy atom. The van der Waals surface area contributed by atoms with Crippen LogP contribution in [0.1, 0.15) is 40.8 Å². The maximum Gasteiger partial charge on any atom is 0.294 e. The van der Waals surface area contributed by atoms with Crippen LogP contribution in [-0.4, -0.2) is 51.7 Å². The maximum atomic E-state index is 12.9. The van der Waals surface area contributed by atoms with Gasteiger partial charge in [-0.1, -0.05) is 30.3 Å². The minimum Gasteiger partial charge on any atom is -0.326 e. The van der Waals surface area contributed by atoms with E-state index in [4.69, 9.17) is 0 Å². The highest BCUT2D eigenvalue weighted by Gasteiger charge is 2.31. The fraction of sp³-hybridized carbons (Fsp3) is 0.263. The van der Waals surface area contributed by atoms with Gasteiger partial charge in [-0.05, 0) is 18.6 Å². The van der Waals surface area contributed by atoms with Crippen molar-refractivity contribution in [2.24, 2.45) is 0 Å². The smallest absolute Gasteiger partial charge is 0.294 e. The van der Waals surface area contributed by atoms with E-state index in [2.05, 4.69) is 48.9 Å². The third kappa shape index (κ3) is 2.81. The average molecular weight is 374 g/mol. The summed E-state index contributed by atoms with van der Waals surface area (Å²) in [5.74, 6) is 2.01. The molecule has 9 nitrogen and oxygen atoms in total. The lowest BCUT2D eigenvalue weighted by Gasteiger charge is -2.31. The summed E-state index contributed by atoms with van der Waals surface area (Å²) in [6.45, 7) is 3.00. The maximum absolute atomic E-state index is 12.9. The van der Waals surface area contributed by atoms with Crippen molar-refractivity contribution in [3.05, 3.63) is 71.8 Å². The van der Waals surface area contributed by atoms with Gasteiger partial charge in [-0.3, -0.25) is 4.79 Å². The monoisotopic (exact) mass is 374 g/mol. The molecule has 0 bridgehead atoms. The molecule has 1 aliphatic rings. The van der Waals surface area contributed by atoms with Crippen molar-refractivity contribution in [1.29, 1.82) is 0 Å². The van der Waals surface area contributed by atoms with Crippen molar-refractivity contribution in [3.8, 4) is 0 Å². The molecule has 0 aliphatic carbocycles. The second kappa shape index (κ2) is 6.52. The molecular weight excluding hydrogens is 356 g/mol. The molecule has 9 heteroatoms. The summed E-state index contributed by atoms with van der Waals surface area (Å²) in [6.07, 6.45) is 4.06. The molecule has 5 rings (SSSR count). The summed E-state index contributed by atoms with van der Waals surface area (Å²) >= 11 is 0. The van der Waals surface area contributed by atoms with Crippen LogP contribution in [0, 0.1) is 0 Å². The number of carbonyl (C=O) groups excluding carboxylic acids is 1. The minimum absolute atomic E-state index is 0.0663. The van der Waals surface area contributed by atoms with Crippen LogP contribution in [0.15, 0.2) is 48.8 Å². The standard InChI is InChI=1S/C19H18N8O/c1-13-11-25(18(28)17-21-19-20-8-5-9-26(19)24-17)12-16-23-22-15(27(13)16)10-14-6-3-2-4-7-14/h2-9,13H,10-12H2,1H3/t13-/m0/s1. The van der Waals surface area contributed by atoms with Gasteiger partial charge in [0.1, 0.15) is 5.82 Å². The van der Waals surface area contributed by atoms with E-state index in [1.165, 1.54) is 10.1 Å². The summed E-state index contributed by atoms with van der Waals surface area (Å²) in [7, 11) is 0. The first kappa shape index (κ1) is 16.5. The fourth-order valence-corrected chi connectivity index (χ4v) is 3.63. The number of rotatable bonds is 3. The normalized spacial score (nSPS) is 16.3. The Morgan fingerprint density at radius 2 is 2.04 bits per heavy atom. The van der Waals surface area contributed by atoms with Gasteiger partial charge in [0.05, 0.1) is 12.6 Å². The van der Waals surface area contributed by atoms with Crippen LogP contribution in [0.25, 0.3) is 5.78 Å². The molecule has 0 N–H and O–H groups in total. The second-order valence-corrected chi connectivity index (χ2v) is 6.90. The highest BCUT2D eigenvalue weighted by Crippen LogP contribution is 2.23. The summed E-state index contributed by atoms with van der Waals surface area (Å²) in [5.41, 5.74) is 1.19. The summed E-state index contributed by atoms with van der Waals surface area (Å²) in [5, 5.41) is 12.9. The Morgan fingerprint density at radius 3 is 2.86 bits per heavy atom. The molecule has 1 aromatic carbocycles. The van der Waals surface area contributed by atoms with Gasteiger partial charge < -0.3 is 9.47 Å². The topological polar surface area (TPSA) is 94.1 Å². The van der Waals surface area contributed by atoms with Gasteiger partial charge >= 0.3 is 0 Å². The van der Waals surface area contributed by atoms with E-state index in [-0.39, 0.29) is 17.8 Å². The van der Waals surface area contributed by atoms with Gasteiger partial charge in [0.25, 0.3) is 11.7 Å². The lowest BCUT2D eigenvalue weighted by molar-refractivity contribution is 0.0667. The molecule has 1 aliphatic heterocycles. The second-order valence-electron chi connectivity index (χ2n) is 6.90. The Bertz CT molecular complexity index is 1120. The van der Waals surface area contributed by atoms with E-state index < -0.39 is 0 Å². The first-order chi connectivity index (χ1) is 13.7. The molecular formula is C19H18N8O. The van der Waals surface area contributed by atoms with Crippen LogP contribution in [0.4, 0.5) is 0 Å². The third-order valence-corrected chi connectivity index (χ3v) is 4.89. The highest BCUT2D eigenvalue weighted by molar-refractivity contribution is 5.90. The molecule has 0 unspecified atom stereocenters. The molecule has 0 fully saturated rings. The van der Waals surface area contributed by atoms with Crippen molar-refractivity contribution >= 4 is 11.7 Å². The van der Waals surface area contributed by atoms with E-state index in [0.717, 1.165) is 11.6 Å². The molecule has 1 atom stereocenters. The predicted molar refractivity (Wildman–Crippen MR) is 99.5 cm³/mol. The zero-order chi connectivity index (χ0) is 19.1. The Kier molecular flexibility index (Phi) is 3.85. The molecule has 28 heavy (non-hydrogen) atoms. The van der Waals surface area contributed by atoms with E-state index in [1.807, 2.05) is 18.2 Å². The van der Waals surface area contributed by atoms with Crippen molar-refractivity contribution in [2.75, 3.05) is 6.54 Å². The van der Waals surface area contributed by atoms with Gasteiger partial charge in [0.2, 0.25) is 5.82 Å². The van der Waals surface area contributed by atoms with Crippen LogP contribution in [0.5, 0.6) is 0 Å². The van der Waals surface area contributed by atoms with E-state index in [0.29, 0.717) is 25.3 Å². The summed E-state index contributed by atoms with van der Waals surface area (Å²) in [4.78, 5) is 23.0. The largest absolute Gasteiger partial charge is 0.326 e. The summed E-state index contributed by atoms with van der Waals surface area (Å²) in [6, 6.07) is 12.0. The lowest BCUT2D eigenvalue weighted by atomic mass is 10.1. The first-order valence-corrected chi connectivity index (χ1v) is 9.12.